The van der Waals surface area contributed by atoms with E-state index < -0.39 is 0 Å². The van der Waals surface area contributed by atoms with Crippen LogP contribution in [0.2, 0.25) is 0 Å². The lowest BCUT2D eigenvalue weighted by atomic mass is 10.1. The van der Waals surface area contributed by atoms with E-state index in [0.717, 1.165) is 27.8 Å². The Kier molecular flexibility index (Phi) is 5.63. The van der Waals surface area contributed by atoms with Crippen LogP contribution in [0.25, 0.3) is 0 Å². The van der Waals surface area contributed by atoms with E-state index in [-0.39, 0.29) is 5.91 Å². The van der Waals surface area contributed by atoms with Crippen LogP contribution < -0.4 is 5.32 Å². The Morgan fingerprint density at radius 2 is 2.05 bits per heavy atom. The summed E-state index contributed by atoms with van der Waals surface area (Å²) >= 11 is 2.24. The summed E-state index contributed by atoms with van der Waals surface area (Å²) in [5.74, 6) is 0.0464. The van der Waals surface area contributed by atoms with Crippen molar-refractivity contribution >= 4 is 28.5 Å². The minimum atomic E-state index is 0.0464. The molecule has 1 aromatic rings. The molecule has 1 fully saturated rings. The Balaban J connectivity index is 1.82. The molecule has 0 saturated carbocycles. The first-order chi connectivity index (χ1) is 9.18. The number of hydrogen-bond acceptors (Lipinski definition) is 2. The van der Waals surface area contributed by atoms with Crippen LogP contribution in [-0.2, 0) is 0 Å². The van der Waals surface area contributed by atoms with Gasteiger partial charge in [0.2, 0.25) is 0 Å². The molecule has 104 valence electrons. The second kappa shape index (κ2) is 7.24. The quantitative estimate of drug-likeness (QED) is 0.825. The van der Waals surface area contributed by atoms with Gasteiger partial charge in [0.25, 0.3) is 5.91 Å². The number of piperidine rings is 1. The molecule has 19 heavy (non-hydrogen) atoms. The maximum Gasteiger partial charge on any atom is 0.252 e. The maximum absolute atomic E-state index is 12.1. The van der Waals surface area contributed by atoms with Gasteiger partial charge >= 0.3 is 0 Å². The number of carbonyl (C=O) groups excluding carboxylic acids is 1. The predicted octanol–water partition coefficient (Wildman–Crippen LogP) is 2.82. The van der Waals surface area contributed by atoms with Crippen LogP contribution >= 0.6 is 22.6 Å². The average molecular weight is 372 g/mol. The van der Waals surface area contributed by atoms with Crippen LogP contribution in [0.4, 0.5) is 0 Å². The van der Waals surface area contributed by atoms with Crippen molar-refractivity contribution in [3.8, 4) is 0 Å². The number of rotatable bonds is 4. The minimum Gasteiger partial charge on any atom is -0.351 e. The third-order valence-corrected chi connectivity index (χ3v) is 5.03. The molecule has 0 atom stereocenters. The van der Waals surface area contributed by atoms with Gasteiger partial charge in [0.05, 0.1) is 5.56 Å². The lowest BCUT2D eigenvalue weighted by Crippen LogP contribution is -2.37. The number of halogens is 1. The van der Waals surface area contributed by atoms with Gasteiger partial charge in [0.15, 0.2) is 0 Å². The van der Waals surface area contributed by atoms with Crippen molar-refractivity contribution in [1.29, 1.82) is 0 Å². The van der Waals surface area contributed by atoms with Gasteiger partial charge in [-0.1, -0.05) is 18.6 Å². The van der Waals surface area contributed by atoms with E-state index >= 15 is 0 Å². The molecule has 3 nitrogen and oxygen atoms in total. The molecule has 0 aromatic heterocycles. The van der Waals surface area contributed by atoms with Gasteiger partial charge in [-0.3, -0.25) is 4.79 Å². The molecule has 0 unspecified atom stereocenters. The maximum atomic E-state index is 12.1. The first kappa shape index (κ1) is 14.8. The number of nitrogens with one attached hydrogen (secondary N) is 1. The molecule has 0 aliphatic carbocycles. The second-order valence-electron chi connectivity index (χ2n) is 5.09. The van der Waals surface area contributed by atoms with Crippen molar-refractivity contribution in [3.05, 3.63) is 32.9 Å². The molecular weight excluding hydrogens is 351 g/mol. The topological polar surface area (TPSA) is 32.3 Å². The van der Waals surface area contributed by atoms with E-state index in [2.05, 4.69) is 32.8 Å². The lowest BCUT2D eigenvalue weighted by molar-refractivity contribution is 0.0945. The Hall–Kier alpha value is -0.620. The first-order valence-electron chi connectivity index (χ1n) is 6.94. The highest BCUT2D eigenvalue weighted by Crippen LogP contribution is 2.16. The van der Waals surface area contributed by atoms with Crippen LogP contribution in [-0.4, -0.2) is 37.0 Å². The summed E-state index contributed by atoms with van der Waals surface area (Å²) in [5.41, 5.74) is 1.95. The van der Waals surface area contributed by atoms with Crippen molar-refractivity contribution in [2.75, 3.05) is 26.2 Å². The third kappa shape index (κ3) is 4.18. The van der Waals surface area contributed by atoms with E-state index in [9.17, 15) is 4.79 Å². The normalized spacial score (nSPS) is 16.3. The van der Waals surface area contributed by atoms with Crippen molar-refractivity contribution in [2.24, 2.45) is 0 Å². The summed E-state index contributed by atoms with van der Waals surface area (Å²) in [5, 5.41) is 3.03. The molecule has 1 amide bonds. The second-order valence-corrected chi connectivity index (χ2v) is 6.17. The average Bonchev–Trinajstić information content (AvgIpc) is 2.43. The highest BCUT2D eigenvalue weighted by molar-refractivity contribution is 14.1. The van der Waals surface area contributed by atoms with E-state index in [0.29, 0.717) is 0 Å². The summed E-state index contributed by atoms with van der Waals surface area (Å²) in [6, 6.07) is 5.87. The van der Waals surface area contributed by atoms with E-state index in [1.165, 1.54) is 32.4 Å². The summed E-state index contributed by atoms with van der Waals surface area (Å²) < 4.78 is 1.05. The molecular formula is C15H21IN2O. The Bertz CT molecular complexity index is 442. The number of aryl methyl sites for hydroxylation is 1. The molecule has 1 aliphatic heterocycles. The number of nitrogens with zero attached hydrogens (tertiary/aromatic N) is 1. The number of hydrogen-bond donors (Lipinski definition) is 1. The largest absolute Gasteiger partial charge is 0.351 e. The SMILES string of the molecule is Cc1cccc(C(=O)NCCN2CCCCC2)c1I. The number of carbonyl (C=O) groups is 1. The highest BCUT2D eigenvalue weighted by Gasteiger charge is 2.12. The number of amides is 1. The van der Waals surface area contributed by atoms with Crippen LogP contribution in [0.3, 0.4) is 0 Å². The van der Waals surface area contributed by atoms with E-state index in [1.807, 2.05) is 25.1 Å². The van der Waals surface area contributed by atoms with Crippen molar-refractivity contribution < 1.29 is 4.79 Å². The fraction of sp³-hybridized carbons (Fsp3) is 0.533. The zero-order valence-electron chi connectivity index (χ0n) is 11.4. The first-order valence-corrected chi connectivity index (χ1v) is 8.02. The fourth-order valence-electron chi connectivity index (χ4n) is 2.43. The van der Waals surface area contributed by atoms with Crippen LogP contribution in [0.5, 0.6) is 0 Å². The molecule has 0 bridgehead atoms. The monoisotopic (exact) mass is 372 g/mol. The number of benzene rings is 1. The zero-order chi connectivity index (χ0) is 13.7. The van der Waals surface area contributed by atoms with Gasteiger partial charge in [-0.2, -0.15) is 0 Å². The molecule has 0 radical (unpaired) electrons. The van der Waals surface area contributed by atoms with Gasteiger partial charge < -0.3 is 10.2 Å². The van der Waals surface area contributed by atoms with Gasteiger partial charge in [0, 0.05) is 16.7 Å². The van der Waals surface area contributed by atoms with Gasteiger partial charge in [0.1, 0.15) is 0 Å². The molecule has 1 N–H and O–H groups in total. The summed E-state index contributed by atoms with van der Waals surface area (Å²) in [4.78, 5) is 14.6. The van der Waals surface area contributed by atoms with Crippen molar-refractivity contribution in [2.45, 2.75) is 26.2 Å². The molecule has 1 heterocycles. The van der Waals surface area contributed by atoms with Crippen LogP contribution in [0.1, 0.15) is 35.2 Å². The molecule has 0 spiro atoms. The molecule has 1 aliphatic rings. The molecule has 2 rings (SSSR count). The fourth-order valence-corrected chi connectivity index (χ4v) is 3.03. The summed E-state index contributed by atoms with van der Waals surface area (Å²) in [7, 11) is 0. The van der Waals surface area contributed by atoms with Gasteiger partial charge in [-0.25, -0.2) is 0 Å². The predicted molar refractivity (Wildman–Crippen MR) is 86.5 cm³/mol. The zero-order valence-corrected chi connectivity index (χ0v) is 13.6. The Morgan fingerprint density at radius 1 is 1.32 bits per heavy atom. The highest BCUT2D eigenvalue weighted by atomic mass is 127. The molecule has 4 heteroatoms. The van der Waals surface area contributed by atoms with Gasteiger partial charge in [-0.05, 0) is 67.1 Å². The van der Waals surface area contributed by atoms with Gasteiger partial charge in [-0.15, -0.1) is 0 Å². The van der Waals surface area contributed by atoms with Crippen molar-refractivity contribution in [3.63, 3.8) is 0 Å². The summed E-state index contributed by atoms with van der Waals surface area (Å²) in [6.07, 6.45) is 3.94. The molecule has 1 aromatic carbocycles. The Morgan fingerprint density at radius 3 is 2.79 bits per heavy atom. The van der Waals surface area contributed by atoms with Crippen LogP contribution in [0, 0.1) is 10.5 Å². The smallest absolute Gasteiger partial charge is 0.252 e. The van der Waals surface area contributed by atoms with Crippen molar-refractivity contribution in [1.82, 2.24) is 10.2 Å². The minimum absolute atomic E-state index is 0.0464. The van der Waals surface area contributed by atoms with E-state index in [1.54, 1.807) is 0 Å². The molecule has 1 saturated heterocycles. The summed E-state index contributed by atoms with van der Waals surface area (Å²) in [6.45, 7) is 6.10. The number of likely N-dealkylation sites (tertiary alicyclic amines) is 1. The standard InChI is InChI=1S/C15H21IN2O/c1-12-6-5-7-13(14(12)16)15(19)17-8-11-18-9-3-2-4-10-18/h5-7H,2-4,8-11H2,1H3,(H,17,19). The third-order valence-electron chi connectivity index (χ3n) is 3.60. The van der Waals surface area contributed by atoms with Crippen LogP contribution in [0.15, 0.2) is 18.2 Å². The Labute approximate surface area is 128 Å². The van der Waals surface area contributed by atoms with E-state index in [4.69, 9.17) is 0 Å². The lowest BCUT2D eigenvalue weighted by Gasteiger charge is -2.26.